The van der Waals surface area contributed by atoms with Crippen molar-refractivity contribution >= 4 is 0 Å². The first-order valence-electron chi connectivity index (χ1n) is 12.4. The SMILES string of the molecule is FC(F)(F)c1cc(COCC2(c3ccccc3)CCNCC2)cc(-c2ccc3c(c2)OCCCO3)c1. The molecule has 36 heavy (non-hydrogen) atoms. The van der Waals surface area contributed by atoms with Gasteiger partial charge in [0.15, 0.2) is 11.5 Å². The molecule has 0 amide bonds. The highest BCUT2D eigenvalue weighted by atomic mass is 19.4. The second-order valence-corrected chi connectivity index (χ2v) is 9.52. The van der Waals surface area contributed by atoms with Crippen molar-refractivity contribution in [1.29, 1.82) is 0 Å². The number of ether oxygens (including phenoxy) is 3. The van der Waals surface area contributed by atoms with Crippen molar-refractivity contribution in [1.82, 2.24) is 5.32 Å². The fraction of sp³-hybridized carbons (Fsp3) is 0.379. The summed E-state index contributed by atoms with van der Waals surface area (Å²) >= 11 is 0. The van der Waals surface area contributed by atoms with E-state index in [0.717, 1.165) is 32.4 Å². The van der Waals surface area contributed by atoms with E-state index in [-0.39, 0.29) is 12.0 Å². The second-order valence-electron chi connectivity index (χ2n) is 9.52. The van der Waals surface area contributed by atoms with Crippen molar-refractivity contribution in [2.24, 2.45) is 0 Å². The van der Waals surface area contributed by atoms with E-state index in [4.69, 9.17) is 14.2 Å². The van der Waals surface area contributed by atoms with Gasteiger partial charge in [-0.25, -0.2) is 0 Å². The van der Waals surface area contributed by atoms with Crippen LogP contribution in [0, 0.1) is 0 Å². The fourth-order valence-corrected chi connectivity index (χ4v) is 5.03. The highest BCUT2D eigenvalue weighted by Gasteiger charge is 2.35. The van der Waals surface area contributed by atoms with Gasteiger partial charge in [0.05, 0.1) is 32.0 Å². The molecule has 7 heteroatoms. The Labute approximate surface area is 209 Å². The molecule has 0 bridgehead atoms. The number of halogens is 3. The summed E-state index contributed by atoms with van der Waals surface area (Å²) in [5, 5.41) is 3.39. The van der Waals surface area contributed by atoms with E-state index in [1.54, 1.807) is 24.3 Å². The van der Waals surface area contributed by atoms with E-state index in [0.29, 0.717) is 48.0 Å². The summed E-state index contributed by atoms with van der Waals surface area (Å²) in [6.45, 7) is 3.39. The Bertz CT molecular complexity index is 1170. The van der Waals surface area contributed by atoms with Crippen LogP contribution in [0.15, 0.2) is 66.7 Å². The molecule has 4 nitrogen and oxygen atoms in total. The number of fused-ring (bicyclic) bond motifs is 1. The maximum Gasteiger partial charge on any atom is 0.416 e. The molecule has 3 aromatic rings. The molecule has 1 saturated heterocycles. The predicted octanol–water partition coefficient (Wildman–Crippen LogP) is 6.37. The van der Waals surface area contributed by atoms with Crippen LogP contribution in [0.5, 0.6) is 11.5 Å². The number of nitrogens with one attached hydrogen (secondary N) is 1. The van der Waals surface area contributed by atoms with Gasteiger partial charge in [0.2, 0.25) is 0 Å². The summed E-state index contributed by atoms with van der Waals surface area (Å²) in [7, 11) is 0. The quantitative estimate of drug-likeness (QED) is 0.430. The van der Waals surface area contributed by atoms with Gasteiger partial charge in [-0.15, -0.1) is 0 Å². The Morgan fingerprint density at radius 2 is 1.58 bits per heavy atom. The zero-order valence-corrected chi connectivity index (χ0v) is 20.1. The van der Waals surface area contributed by atoms with Gasteiger partial charge in [0.25, 0.3) is 0 Å². The van der Waals surface area contributed by atoms with E-state index in [1.807, 2.05) is 18.2 Å². The van der Waals surface area contributed by atoms with Gasteiger partial charge in [-0.3, -0.25) is 0 Å². The van der Waals surface area contributed by atoms with Crippen LogP contribution in [-0.4, -0.2) is 32.9 Å². The summed E-state index contributed by atoms with van der Waals surface area (Å²) in [4.78, 5) is 0. The van der Waals surface area contributed by atoms with Crippen LogP contribution in [0.25, 0.3) is 11.1 Å². The van der Waals surface area contributed by atoms with E-state index in [9.17, 15) is 13.2 Å². The summed E-state index contributed by atoms with van der Waals surface area (Å²) in [5.74, 6) is 1.16. The van der Waals surface area contributed by atoms with Gasteiger partial charge in [0.1, 0.15) is 0 Å². The van der Waals surface area contributed by atoms with Gasteiger partial charge in [-0.05, 0) is 78.5 Å². The Hall–Kier alpha value is -3.03. The summed E-state index contributed by atoms with van der Waals surface area (Å²) < 4.78 is 58.9. The number of alkyl halides is 3. The molecule has 0 radical (unpaired) electrons. The number of rotatable bonds is 6. The lowest BCUT2D eigenvalue weighted by Gasteiger charge is -2.38. The topological polar surface area (TPSA) is 39.7 Å². The lowest BCUT2D eigenvalue weighted by molar-refractivity contribution is -0.137. The third kappa shape index (κ3) is 5.52. The molecule has 1 fully saturated rings. The van der Waals surface area contributed by atoms with Crippen LogP contribution in [-0.2, 0) is 22.9 Å². The second kappa shape index (κ2) is 10.5. The van der Waals surface area contributed by atoms with Gasteiger partial charge in [-0.1, -0.05) is 36.4 Å². The molecule has 2 aliphatic heterocycles. The minimum absolute atomic E-state index is 0.101. The number of hydrogen-bond donors (Lipinski definition) is 1. The third-order valence-electron chi connectivity index (χ3n) is 6.99. The molecule has 0 aliphatic carbocycles. The zero-order chi connectivity index (χ0) is 25.0. The molecule has 0 saturated carbocycles. The lowest BCUT2D eigenvalue weighted by Crippen LogP contribution is -2.43. The lowest BCUT2D eigenvalue weighted by atomic mass is 9.74. The summed E-state index contributed by atoms with van der Waals surface area (Å²) in [5.41, 5.74) is 1.98. The smallest absolute Gasteiger partial charge is 0.416 e. The van der Waals surface area contributed by atoms with Crippen molar-refractivity contribution in [3.05, 3.63) is 83.4 Å². The molecule has 190 valence electrons. The highest BCUT2D eigenvalue weighted by Crippen LogP contribution is 2.38. The maximum absolute atomic E-state index is 13.8. The van der Waals surface area contributed by atoms with Crippen molar-refractivity contribution in [3.8, 4) is 22.6 Å². The summed E-state index contributed by atoms with van der Waals surface area (Å²) in [6, 6.07) is 19.7. The molecule has 2 aliphatic rings. The third-order valence-corrected chi connectivity index (χ3v) is 6.99. The fourth-order valence-electron chi connectivity index (χ4n) is 5.03. The van der Waals surface area contributed by atoms with Crippen LogP contribution in [0.2, 0.25) is 0 Å². The average molecular weight is 498 g/mol. The summed E-state index contributed by atoms with van der Waals surface area (Å²) in [6.07, 6.45) is -1.87. The molecule has 0 aromatic heterocycles. The molecule has 1 N–H and O–H groups in total. The minimum Gasteiger partial charge on any atom is -0.490 e. The normalized spacial score (nSPS) is 17.4. The van der Waals surface area contributed by atoms with Crippen LogP contribution >= 0.6 is 0 Å². The van der Waals surface area contributed by atoms with E-state index < -0.39 is 11.7 Å². The first kappa shape index (κ1) is 24.7. The van der Waals surface area contributed by atoms with Crippen molar-refractivity contribution in [2.45, 2.75) is 37.5 Å². The molecule has 0 atom stereocenters. The average Bonchev–Trinajstić information content (AvgIpc) is 3.14. The monoisotopic (exact) mass is 497 g/mol. The van der Waals surface area contributed by atoms with E-state index in [2.05, 4.69) is 17.4 Å². The Kier molecular flexibility index (Phi) is 7.21. The molecular weight excluding hydrogens is 467 g/mol. The van der Waals surface area contributed by atoms with Crippen LogP contribution in [0.4, 0.5) is 13.2 Å². The minimum atomic E-state index is -4.46. The molecule has 5 rings (SSSR count). The van der Waals surface area contributed by atoms with Crippen molar-refractivity contribution in [3.63, 3.8) is 0 Å². The predicted molar refractivity (Wildman–Crippen MR) is 132 cm³/mol. The first-order valence-corrected chi connectivity index (χ1v) is 12.4. The van der Waals surface area contributed by atoms with Gasteiger partial charge < -0.3 is 19.5 Å². The Balaban J connectivity index is 1.40. The highest BCUT2D eigenvalue weighted by molar-refractivity contribution is 5.69. The molecular formula is C29H30F3NO3. The molecule has 2 heterocycles. The number of hydrogen-bond acceptors (Lipinski definition) is 4. The number of benzene rings is 3. The van der Waals surface area contributed by atoms with Crippen molar-refractivity contribution in [2.75, 3.05) is 32.9 Å². The number of piperidine rings is 1. The molecule has 0 spiro atoms. The molecule has 0 unspecified atom stereocenters. The molecule has 3 aromatic carbocycles. The van der Waals surface area contributed by atoms with Crippen LogP contribution in [0.3, 0.4) is 0 Å². The van der Waals surface area contributed by atoms with E-state index in [1.165, 1.54) is 17.7 Å². The van der Waals surface area contributed by atoms with E-state index >= 15 is 0 Å². The van der Waals surface area contributed by atoms with Gasteiger partial charge >= 0.3 is 6.18 Å². The Morgan fingerprint density at radius 1 is 0.833 bits per heavy atom. The van der Waals surface area contributed by atoms with Gasteiger partial charge in [0, 0.05) is 11.8 Å². The largest absolute Gasteiger partial charge is 0.490 e. The van der Waals surface area contributed by atoms with Crippen molar-refractivity contribution < 1.29 is 27.4 Å². The van der Waals surface area contributed by atoms with Gasteiger partial charge in [-0.2, -0.15) is 13.2 Å². The van der Waals surface area contributed by atoms with Crippen LogP contribution < -0.4 is 14.8 Å². The zero-order valence-electron chi connectivity index (χ0n) is 20.1. The maximum atomic E-state index is 13.8. The van der Waals surface area contributed by atoms with Crippen LogP contribution in [0.1, 0.15) is 36.0 Å². The Morgan fingerprint density at radius 3 is 2.33 bits per heavy atom. The first-order chi connectivity index (χ1) is 17.4. The standard InChI is InChI=1S/C29H30F3NO3/c30-29(31,32)25-16-21(15-23(17-25)22-7-8-26-27(18-22)36-14-4-13-35-26)19-34-20-28(9-11-33-12-10-28)24-5-2-1-3-6-24/h1-3,5-8,15-18,33H,4,9-14,19-20H2.